The average Bonchev–Trinajstić information content (AvgIpc) is 3.16. The van der Waals surface area contributed by atoms with Crippen LogP contribution in [0.5, 0.6) is 0 Å². The first kappa shape index (κ1) is 22.5. The summed E-state index contributed by atoms with van der Waals surface area (Å²) in [7, 11) is 0. The van der Waals surface area contributed by atoms with Crippen LogP contribution >= 0.6 is 0 Å². The van der Waals surface area contributed by atoms with Crippen LogP contribution in [0.25, 0.3) is 78.3 Å². The molecule has 0 amide bonds. The van der Waals surface area contributed by atoms with Gasteiger partial charge in [-0.05, 0) is 50.7 Å². The number of nitrogens with zero attached hydrogens (tertiary/aromatic N) is 4. The topological polar surface area (TPSA) is 51.6 Å². The van der Waals surface area contributed by atoms with Crippen molar-refractivity contribution in [3.63, 3.8) is 0 Å². The fourth-order valence-electron chi connectivity index (χ4n) is 5.78. The third-order valence-electron chi connectivity index (χ3n) is 7.60. The van der Waals surface area contributed by atoms with Gasteiger partial charge < -0.3 is 0 Å². The molecule has 8 rings (SSSR count). The number of hydrogen-bond acceptors (Lipinski definition) is 4. The molecule has 2 aromatic heterocycles. The van der Waals surface area contributed by atoms with E-state index in [1.54, 1.807) is 0 Å². The molecule has 2 heterocycles. The van der Waals surface area contributed by atoms with E-state index in [0.29, 0.717) is 17.5 Å². The highest BCUT2D eigenvalue weighted by Gasteiger charge is 2.23. The van der Waals surface area contributed by atoms with E-state index in [0.717, 1.165) is 33.2 Å². The van der Waals surface area contributed by atoms with Gasteiger partial charge in [-0.1, -0.05) is 109 Å². The zero-order valence-corrected chi connectivity index (χ0v) is 21.5. The van der Waals surface area contributed by atoms with E-state index < -0.39 is 0 Å². The van der Waals surface area contributed by atoms with Gasteiger partial charge in [0.15, 0.2) is 17.5 Å². The molecule has 40 heavy (non-hydrogen) atoms. The summed E-state index contributed by atoms with van der Waals surface area (Å²) in [4.78, 5) is 19.5. The van der Waals surface area contributed by atoms with Crippen LogP contribution in [-0.2, 0) is 0 Å². The van der Waals surface area contributed by atoms with E-state index in [1.807, 2.05) is 73.1 Å². The average molecular weight is 511 g/mol. The predicted octanol–water partition coefficient (Wildman–Crippen LogP) is 8.74. The summed E-state index contributed by atoms with van der Waals surface area (Å²) in [6, 6.07) is 41.8. The summed E-state index contributed by atoms with van der Waals surface area (Å²) >= 11 is 0. The van der Waals surface area contributed by atoms with Gasteiger partial charge in [-0.3, -0.25) is 4.98 Å². The third-order valence-corrected chi connectivity index (χ3v) is 7.60. The van der Waals surface area contributed by atoms with Crippen LogP contribution in [0.15, 0.2) is 134 Å². The molecule has 0 atom stereocenters. The lowest BCUT2D eigenvalue weighted by atomic mass is 9.91. The highest BCUT2D eigenvalue weighted by molar-refractivity contribution is 6.16. The maximum atomic E-state index is 5.03. The standard InChI is InChI=1S/C36H22N4/c1-3-10-23(11-4-1)34-38-35(24-12-5-2-6-13-24)40-36(39-34)31-19-18-30-32-22-37-21-20-27(32)25-14-7-8-15-26(25)28-16-9-17-29(31)33(28)30/h1-22H. The molecule has 0 N–H and O–H groups in total. The molecule has 0 saturated carbocycles. The Morgan fingerprint density at radius 1 is 0.350 bits per heavy atom. The van der Waals surface area contributed by atoms with E-state index in [9.17, 15) is 0 Å². The van der Waals surface area contributed by atoms with E-state index >= 15 is 0 Å². The van der Waals surface area contributed by atoms with Gasteiger partial charge in [-0.15, -0.1) is 0 Å². The van der Waals surface area contributed by atoms with Gasteiger partial charge in [0, 0.05) is 34.6 Å². The predicted molar refractivity (Wildman–Crippen MR) is 161 cm³/mol. The minimum Gasteiger partial charge on any atom is -0.264 e. The Hall–Kier alpha value is -5.48. The summed E-state index contributed by atoms with van der Waals surface area (Å²) in [6.45, 7) is 0. The molecule has 1 aliphatic rings. The number of hydrogen-bond donors (Lipinski definition) is 0. The number of pyridine rings is 1. The molecule has 0 bridgehead atoms. The first-order valence-corrected chi connectivity index (χ1v) is 13.3. The van der Waals surface area contributed by atoms with Crippen LogP contribution in [0.3, 0.4) is 0 Å². The molecule has 186 valence electrons. The van der Waals surface area contributed by atoms with Gasteiger partial charge in [0.2, 0.25) is 0 Å². The van der Waals surface area contributed by atoms with Crippen LogP contribution in [0.4, 0.5) is 0 Å². The van der Waals surface area contributed by atoms with Crippen molar-refractivity contribution in [3.8, 4) is 67.5 Å². The second-order valence-corrected chi connectivity index (χ2v) is 9.89. The summed E-state index contributed by atoms with van der Waals surface area (Å²) in [5.74, 6) is 1.96. The molecular weight excluding hydrogens is 488 g/mol. The fourth-order valence-corrected chi connectivity index (χ4v) is 5.78. The summed E-state index contributed by atoms with van der Waals surface area (Å²) in [6.07, 6.45) is 3.85. The van der Waals surface area contributed by atoms with Crippen LogP contribution in [-0.4, -0.2) is 19.9 Å². The van der Waals surface area contributed by atoms with Gasteiger partial charge in [0.25, 0.3) is 0 Å². The maximum absolute atomic E-state index is 5.03. The lowest BCUT2D eigenvalue weighted by Crippen LogP contribution is -2.00. The molecule has 0 spiro atoms. The van der Waals surface area contributed by atoms with Crippen molar-refractivity contribution in [2.45, 2.75) is 0 Å². The SMILES string of the molecule is c1ccc(-c2nc(-c3ccccc3)nc(-c3ccc4c5c(cccc35)-c3ccccc3-c3ccncc3-4)n2)cc1. The molecule has 0 radical (unpaired) electrons. The number of rotatable bonds is 3. The zero-order chi connectivity index (χ0) is 26.5. The Balaban J connectivity index is 1.44. The van der Waals surface area contributed by atoms with Crippen molar-refractivity contribution >= 4 is 10.8 Å². The smallest absolute Gasteiger partial charge is 0.164 e. The van der Waals surface area contributed by atoms with Gasteiger partial charge in [-0.2, -0.15) is 0 Å². The maximum Gasteiger partial charge on any atom is 0.164 e. The summed E-state index contributed by atoms with van der Waals surface area (Å²) in [5, 5.41) is 2.29. The Bertz CT molecular complexity index is 1940. The van der Waals surface area contributed by atoms with Crippen molar-refractivity contribution in [2.75, 3.05) is 0 Å². The molecule has 0 aliphatic heterocycles. The number of aromatic nitrogens is 4. The van der Waals surface area contributed by atoms with Crippen molar-refractivity contribution in [2.24, 2.45) is 0 Å². The summed E-state index contributed by atoms with van der Waals surface area (Å²) < 4.78 is 0. The van der Waals surface area contributed by atoms with Crippen LogP contribution in [0.2, 0.25) is 0 Å². The van der Waals surface area contributed by atoms with Crippen molar-refractivity contribution in [3.05, 3.63) is 134 Å². The minimum absolute atomic E-state index is 0.653. The highest BCUT2D eigenvalue weighted by atomic mass is 15.0. The largest absolute Gasteiger partial charge is 0.264 e. The molecule has 7 aromatic rings. The Kier molecular flexibility index (Phi) is 5.10. The van der Waals surface area contributed by atoms with Gasteiger partial charge >= 0.3 is 0 Å². The van der Waals surface area contributed by atoms with Crippen molar-refractivity contribution in [1.82, 2.24) is 19.9 Å². The molecule has 0 fully saturated rings. The van der Waals surface area contributed by atoms with Gasteiger partial charge in [0.05, 0.1) is 0 Å². The van der Waals surface area contributed by atoms with Crippen molar-refractivity contribution < 1.29 is 0 Å². The quantitative estimate of drug-likeness (QED) is 0.238. The van der Waals surface area contributed by atoms with Crippen LogP contribution in [0.1, 0.15) is 0 Å². The van der Waals surface area contributed by atoms with E-state index in [4.69, 9.17) is 15.0 Å². The molecule has 0 unspecified atom stereocenters. The van der Waals surface area contributed by atoms with E-state index in [-0.39, 0.29) is 0 Å². The van der Waals surface area contributed by atoms with Crippen LogP contribution < -0.4 is 0 Å². The second kappa shape index (κ2) is 9.07. The number of benzene rings is 5. The van der Waals surface area contributed by atoms with Crippen molar-refractivity contribution in [1.29, 1.82) is 0 Å². The summed E-state index contributed by atoms with van der Waals surface area (Å²) in [5.41, 5.74) is 9.98. The highest BCUT2D eigenvalue weighted by Crippen LogP contribution is 2.48. The lowest BCUT2D eigenvalue weighted by molar-refractivity contribution is 1.08. The molecule has 0 saturated heterocycles. The molecule has 4 heteroatoms. The first-order valence-electron chi connectivity index (χ1n) is 13.3. The Morgan fingerprint density at radius 2 is 0.875 bits per heavy atom. The fraction of sp³-hybridized carbons (Fsp3) is 0. The number of fused-ring (bicyclic) bond motifs is 5. The van der Waals surface area contributed by atoms with Crippen LogP contribution in [0, 0.1) is 0 Å². The van der Waals surface area contributed by atoms with Gasteiger partial charge in [0.1, 0.15) is 0 Å². The normalized spacial score (nSPS) is 11.5. The monoisotopic (exact) mass is 510 g/mol. The van der Waals surface area contributed by atoms with E-state index in [2.05, 4.69) is 65.6 Å². The zero-order valence-electron chi connectivity index (χ0n) is 21.5. The second-order valence-electron chi connectivity index (χ2n) is 9.89. The van der Waals surface area contributed by atoms with Gasteiger partial charge in [-0.25, -0.2) is 15.0 Å². The lowest BCUT2D eigenvalue weighted by Gasteiger charge is -2.14. The molecule has 1 aliphatic carbocycles. The Morgan fingerprint density at radius 3 is 1.57 bits per heavy atom. The molecule has 4 nitrogen and oxygen atoms in total. The van der Waals surface area contributed by atoms with E-state index in [1.165, 1.54) is 27.6 Å². The molecular formula is C36H22N4. The Labute approximate surface area is 231 Å². The first-order chi connectivity index (χ1) is 19.8. The minimum atomic E-state index is 0.653. The molecule has 5 aromatic carbocycles. The third kappa shape index (κ3) is 3.54.